The highest BCUT2D eigenvalue weighted by Gasteiger charge is 2.32. The number of carbonyl (C=O) groups excluding carboxylic acids is 1. The van der Waals surface area contributed by atoms with Crippen LogP contribution in [0.1, 0.15) is 41.4 Å². The quantitative estimate of drug-likeness (QED) is 0.230. The lowest BCUT2D eigenvalue weighted by Gasteiger charge is -2.39. The van der Waals surface area contributed by atoms with E-state index in [4.69, 9.17) is 17.0 Å². The SMILES string of the molecule is CC(C)Oc1cccc(C(=O)NC(=S)Nc2ccc(S(=O)(=O)N3CCN(C(c4ccccc4)c4ccccc4)CC3)cc2)c1. The number of carbonyl (C=O) groups is 1. The largest absolute Gasteiger partial charge is 0.491 e. The molecule has 0 unspecified atom stereocenters. The Hall–Kier alpha value is -4.09. The molecule has 0 atom stereocenters. The van der Waals surface area contributed by atoms with Crippen LogP contribution in [0.15, 0.2) is 114 Å². The molecule has 1 fully saturated rings. The Balaban J connectivity index is 1.19. The minimum absolute atomic E-state index is 0.0147. The third kappa shape index (κ3) is 7.70. The van der Waals surface area contributed by atoms with E-state index in [1.165, 1.54) is 11.1 Å². The number of anilines is 1. The van der Waals surface area contributed by atoms with Crippen molar-refractivity contribution in [2.75, 3.05) is 31.5 Å². The van der Waals surface area contributed by atoms with Gasteiger partial charge in [-0.15, -0.1) is 0 Å². The van der Waals surface area contributed by atoms with Crippen molar-refractivity contribution < 1.29 is 17.9 Å². The average Bonchev–Trinajstić information content (AvgIpc) is 3.02. The fourth-order valence-electron chi connectivity index (χ4n) is 5.27. The molecule has 2 N–H and O–H groups in total. The van der Waals surface area contributed by atoms with Gasteiger partial charge in [0.1, 0.15) is 5.75 Å². The molecule has 228 valence electrons. The van der Waals surface area contributed by atoms with Crippen molar-refractivity contribution in [3.05, 3.63) is 126 Å². The lowest BCUT2D eigenvalue weighted by atomic mass is 9.96. The Morgan fingerprint density at radius 3 is 1.95 bits per heavy atom. The summed E-state index contributed by atoms with van der Waals surface area (Å²) in [7, 11) is -3.69. The monoisotopic (exact) mass is 628 g/mol. The van der Waals surface area contributed by atoms with Crippen molar-refractivity contribution in [1.29, 1.82) is 0 Å². The number of benzene rings is 4. The standard InChI is InChI=1S/C34H36N4O4S2/c1-25(2)42-30-15-9-14-28(24-30)33(39)36-34(43)35-29-16-18-31(19-17-29)44(40,41)38-22-20-37(21-23-38)32(26-10-5-3-6-11-26)27-12-7-4-8-13-27/h3-19,24-25,32H,20-23H2,1-2H3,(H2,35,36,39,43). The summed E-state index contributed by atoms with van der Waals surface area (Å²) in [5.74, 6) is 0.216. The molecule has 1 aliphatic heterocycles. The summed E-state index contributed by atoms with van der Waals surface area (Å²) >= 11 is 5.32. The number of nitrogens with one attached hydrogen (secondary N) is 2. The van der Waals surface area contributed by atoms with E-state index in [-0.39, 0.29) is 28.1 Å². The molecule has 0 aromatic heterocycles. The molecule has 8 nitrogen and oxygen atoms in total. The highest BCUT2D eigenvalue weighted by molar-refractivity contribution is 7.89. The Kier molecular flexibility index (Phi) is 10.1. The van der Waals surface area contributed by atoms with E-state index < -0.39 is 10.0 Å². The molecule has 0 spiro atoms. The number of rotatable bonds is 9. The second-order valence-corrected chi connectivity index (χ2v) is 13.1. The van der Waals surface area contributed by atoms with Gasteiger partial charge in [-0.1, -0.05) is 66.7 Å². The number of sulfonamides is 1. The van der Waals surface area contributed by atoms with E-state index in [0.717, 1.165) is 0 Å². The van der Waals surface area contributed by atoms with Gasteiger partial charge in [0.2, 0.25) is 10.0 Å². The molecule has 0 radical (unpaired) electrons. The summed E-state index contributed by atoms with van der Waals surface area (Å²) in [5.41, 5.74) is 3.33. The summed E-state index contributed by atoms with van der Waals surface area (Å²) in [4.78, 5) is 15.2. The Morgan fingerprint density at radius 2 is 1.39 bits per heavy atom. The first-order valence-corrected chi connectivity index (χ1v) is 16.4. The highest BCUT2D eigenvalue weighted by atomic mass is 32.2. The maximum Gasteiger partial charge on any atom is 0.257 e. The molecule has 0 saturated carbocycles. The number of ether oxygens (including phenoxy) is 1. The molecule has 1 aliphatic rings. The first-order valence-electron chi connectivity index (χ1n) is 14.5. The topological polar surface area (TPSA) is 91.0 Å². The molecular formula is C34H36N4O4S2. The van der Waals surface area contributed by atoms with Gasteiger partial charge in [0.15, 0.2) is 5.11 Å². The molecule has 0 bridgehead atoms. The third-order valence-corrected chi connectivity index (χ3v) is 9.43. The number of nitrogens with zero attached hydrogens (tertiary/aromatic N) is 2. The second-order valence-electron chi connectivity index (χ2n) is 10.8. The van der Waals surface area contributed by atoms with Crippen LogP contribution < -0.4 is 15.4 Å². The Morgan fingerprint density at radius 1 is 0.795 bits per heavy atom. The predicted molar refractivity (Wildman–Crippen MR) is 177 cm³/mol. The van der Waals surface area contributed by atoms with E-state index in [1.54, 1.807) is 52.8 Å². The Bertz CT molecular complexity index is 1630. The second kappa shape index (κ2) is 14.1. The minimum Gasteiger partial charge on any atom is -0.491 e. The predicted octanol–water partition coefficient (Wildman–Crippen LogP) is 5.70. The van der Waals surface area contributed by atoms with Crippen LogP contribution in [-0.2, 0) is 10.0 Å². The molecule has 1 amide bonds. The van der Waals surface area contributed by atoms with Crippen LogP contribution in [0.3, 0.4) is 0 Å². The fraction of sp³-hybridized carbons (Fsp3) is 0.235. The third-order valence-electron chi connectivity index (χ3n) is 7.31. The molecule has 1 saturated heterocycles. The molecule has 4 aromatic carbocycles. The molecule has 10 heteroatoms. The van der Waals surface area contributed by atoms with Gasteiger partial charge in [-0.3, -0.25) is 15.0 Å². The van der Waals surface area contributed by atoms with Gasteiger partial charge in [-0.25, -0.2) is 8.42 Å². The average molecular weight is 629 g/mol. The molecule has 0 aliphatic carbocycles. The zero-order valence-corrected chi connectivity index (χ0v) is 26.4. The van der Waals surface area contributed by atoms with E-state index >= 15 is 0 Å². The van der Waals surface area contributed by atoms with Crippen molar-refractivity contribution >= 4 is 38.9 Å². The maximum atomic E-state index is 13.5. The van der Waals surface area contributed by atoms with E-state index in [2.05, 4.69) is 39.8 Å². The van der Waals surface area contributed by atoms with Crippen LogP contribution in [0, 0.1) is 0 Å². The molecule has 4 aromatic rings. The van der Waals surface area contributed by atoms with Crippen molar-refractivity contribution in [3.8, 4) is 5.75 Å². The first-order chi connectivity index (χ1) is 21.2. The van der Waals surface area contributed by atoms with Crippen molar-refractivity contribution in [2.24, 2.45) is 0 Å². The van der Waals surface area contributed by atoms with Crippen LogP contribution in [-0.4, -0.2) is 60.9 Å². The van der Waals surface area contributed by atoms with Crippen LogP contribution in [0.4, 0.5) is 5.69 Å². The van der Waals surface area contributed by atoms with E-state index in [0.29, 0.717) is 43.2 Å². The van der Waals surface area contributed by atoms with Crippen LogP contribution in [0.5, 0.6) is 5.75 Å². The zero-order chi connectivity index (χ0) is 31.1. The molecule has 44 heavy (non-hydrogen) atoms. The van der Waals surface area contributed by atoms with Crippen molar-refractivity contribution in [3.63, 3.8) is 0 Å². The summed E-state index contributed by atoms with van der Waals surface area (Å²) in [6, 6.07) is 33.9. The zero-order valence-electron chi connectivity index (χ0n) is 24.7. The van der Waals surface area contributed by atoms with E-state index in [9.17, 15) is 13.2 Å². The molecular weight excluding hydrogens is 593 g/mol. The number of hydrogen-bond donors (Lipinski definition) is 2. The van der Waals surface area contributed by atoms with Crippen molar-refractivity contribution in [1.82, 2.24) is 14.5 Å². The van der Waals surface area contributed by atoms with Crippen molar-refractivity contribution in [2.45, 2.75) is 30.9 Å². The van der Waals surface area contributed by atoms with Gasteiger partial charge in [0.05, 0.1) is 17.0 Å². The lowest BCUT2D eigenvalue weighted by molar-refractivity contribution is 0.0977. The van der Waals surface area contributed by atoms with E-state index in [1.807, 2.05) is 50.2 Å². The molecule has 1 heterocycles. The smallest absolute Gasteiger partial charge is 0.257 e. The number of thiocarbonyl (C=S) groups is 1. The number of hydrogen-bond acceptors (Lipinski definition) is 6. The van der Waals surface area contributed by atoms with Gasteiger partial charge in [-0.2, -0.15) is 4.31 Å². The van der Waals surface area contributed by atoms with Gasteiger partial charge >= 0.3 is 0 Å². The van der Waals surface area contributed by atoms with Gasteiger partial charge < -0.3 is 10.1 Å². The van der Waals surface area contributed by atoms with Crippen LogP contribution in [0.2, 0.25) is 0 Å². The highest BCUT2D eigenvalue weighted by Crippen LogP contribution is 2.30. The normalized spacial score (nSPS) is 14.4. The molecule has 5 rings (SSSR count). The van der Waals surface area contributed by atoms with Gasteiger partial charge in [0, 0.05) is 37.4 Å². The van der Waals surface area contributed by atoms with Crippen LogP contribution in [0.25, 0.3) is 0 Å². The van der Waals surface area contributed by atoms with Gasteiger partial charge in [0.25, 0.3) is 5.91 Å². The summed E-state index contributed by atoms with van der Waals surface area (Å²) in [5, 5.41) is 5.70. The minimum atomic E-state index is -3.69. The summed E-state index contributed by atoms with van der Waals surface area (Å²) in [6.07, 6.45) is -0.0147. The summed E-state index contributed by atoms with van der Waals surface area (Å²) < 4.78 is 34.3. The maximum absolute atomic E-state index is 13.5. The number of amides is 1. The van der Waals surface area contributed by atoms with Crippen LogP contribution >= 0.6 is 12.2 Å². The fourth-order valence-corrected chi connectivity index (χ4v) is 6.90. The summed E-state index contributed by atoms with van der Waals surface area (Å²) in [6.45, 7) is 5.81. The number of piperazine rings is 1. The van der Waals surface area contributed by atoms with Gasteiger partial charge in [-0.05, 0) is 79.7 Å². The lowest BCUT2D eigenvalue weighted by Crippen LogP contribution is -2.49. The Labute approximate surface area is 264 Å². The first kappa shape index (κ1) is 31.3.